The van der Waals surface area contributed by atoms with E-state index in [1.165, 1.54) is 17.6 Å². The van der Waals surface area contributed by atoms with Crippen LogP contribution in [0.2, 0.25) is 0 Å². The molecule has 0 saturated carbocycles. The highest BCUT2D eigenvalue weighted by Gasteiger charge is 2.44. The Bertz CT molecular complexity index is 958. The Morgan fingerprint density at radius 2 is 2.11 bits per heavy atom. The second kappa shape index (κ2) is 11.5. The third-order valence-electron chi connectivity index (χ3n) is 7.74. The number of ether oxygens (including phenoxy) is 3. The monoisotopic (exact) mass is 516 g/mol. The van der Waals surface area contributed by atoms with E-state index in [1.807, 2.05) is 20.8 Å². The van der Waals surface area contributed by atoms with Crippen LogP contribution in [0.4, 0.5) is 4.79 Å². The zero-order chi connectivity index (χ0) is 26.7. The van der Waals surface area contributed by atoms with Crippen molar-refractivity contribution in [2.45, 2.75) is 103 Å². The fraction of sp³-hybridized carbons (Fsp3) is 0.793. The molecular weight excluding hydrogens is 468 g/mol. The summed E-state index contributed by atoms with van der Waals surface area (Å²) in [5, 5.41) is 8.58. The summed E-state index contributed by atoms with van der Waals surface area (Å²) in [5.41, 5.74) is 3.56. The summed E-state index contributed by atoms with van der Waals surface area (Å²) >= 11 is 0. The summed E-state index contributed by atoms with van der Waals surface area (Å²) in [7, 11) is 1.78. The van der Waals surface area contributed by atoms with Gasteiger partial charge in [-0.2, -0.15) is 5.10 Å². The Labute approximate surface area is 223 Å². The van der Waals surface area contributed by atoms with Gasteiger partial charge in [0.25, 0.3) is 0 Å². The van der Waals surface area contributed by atoms with E-state index in [-0.39, 0.29) is 23.3 Å². The lowest BCUT2D eigenvalue weighted by molar-refractivity contribution is -0.0395. The van der Waals surface area contributed by atoms with Crippen LogP contribution in [0.3, 0.4) is 0 Å². The molecule has 3 heterocycles. The van der Waals surface area contributed by atoms with Gasteiger partial charge in [-0.05, 0) is 104 Å². The molecule has 1 aromatic heterocycles. The van der Waals surface area contributed by atoms with E-state index in [1.54, 1.807) is 11.9 Å². The highest BCUT2D eigenvalue weighted by atomic mass is 16.6. The first-order valence-electron chi connectivity index (χ1n) is 14.1. The van der Waals surface area contributed by atoms with Crippen molar-refractivity contribution in [2.24, 2.45) is 5.41 Å². The topological polar surface area (TPSA) is 77.9 Å². The normalized spacial score (nSPS) is 25.8. The number of nitrogens with zero attached hydrogens (tertiary/aromatic N) is 3. The van der Waals surface area contributed by atoms with Crippen LogP contribution >= 0.6 is 0 Å². The molecule has 0 aromatic carbocycles. The smallest absolute Gasteiger partial charge is 0.410 e. The number of amides is 1. The maximum Gasteiger partial charge on any atom is 0.410 e. The molecule has 2 atom stereocenters. The minimum atomic E-state index is -0.480. The maximum absolute atomic E-state index is 12.2. The van der Waals surface area contributed by atoms with E-state index in [9.17, 15) is 4.79 Å². The predicted octanol–water partition coefficient (Wildman–Crippen LogP) is 5.33. The molecule has 0 bridgehead atoms. The van der Waals surface area contributed by atoms with Crippen LogP contribution in [0.15, 0.2) is 12.3 Å². The van der Waals surface area contributed by atoms with E-state index in [0.717, 1.165) is 70.4 Å². The number of likely N-dealkylation sites (N-methyl/N-ethyl adjacent to an activating group) is 1. The van der Waals surface area contributed by atoms with Gasteiger partial charge in [-0.1, -0.05) is 6.08 Å². The van der Waals surface area contributed by atoms with Crippen molar-refractivity contribution in [1.29, 1.82) is 0 Å². The minimum absolute atomic E-state index is 0.0143. The average Bonchev–Trinajstić information content (AvgIpc) is 3.39. The van der Waals surface area contributed by atoms with Gasteiger partial charge >= 0.3 is 6.09 Å². The number of carbonyl (C=O) groups excluding carboxylic acids is 1. The lowest BCUT2D eigenvalue weighted by Gasteiger charge is -2.32. The molecular formula is C29H48N4O4. The molecule has 2 fully saturated rings. The van der Waals surface area contributed by atoms with Crippen molar-refractivity contribution in [3.05, 3.63) is 23.5 Å². The van der Waals surface area contributed by atoms with E-state index >= 15 is 0 Å². The molecule has 1 amide bonds. The third kappa shape index (κ3) is 7.58. The van der Waals surface area contributed by atoms with Crippen molar-refractivity contribution < 1.29 is 19.0 Å². The molecule has 1 spiro atoms. The lowest BCUT2D eigenvalue weighted by Crippen LogP contribution is -2.38. The molecule has 1 N–H and O–H groups in total. The van der Waals surface area contributed by atoms with Crippen molar-refractivity contribution in [3.8, 4) is 0 Å². The Balaban J connectivity index is 1.37. The van der Waals surface area contributed by atoms with E-state index < -0.39 is 5.60 Å². The number of carbonyl (C=O) groups is 1. The zero-order valence-corrected chi connectivity index (χ0v) is 23.9. The van der Waals surface area contributed by atoms with Gasteiger partial charge in [0.15, 0.2) is 0 Å². The molecule has 37 heavy (non-hydrogen) atoms. The van der Waals surface area contributed by atoms with Crippen molar-refractivity contribution in [1.82, 2.24) is 20.0 Å². The first kappa shape index (κ1) is 28.1. The van der Waals surface area contributed by atoms with Crippen LogP contribution in [0.1, 0.15) is 97.0 Å². The molecule has 208 valence electrons. The SMILES string of the molecule is CN(CCNCCc1cn(C2CCCCO2)nc1C1=CCC2(CC1)COC(C)(C)C2)C(=O)OC(C)(C)C. The summed E-state index contributed by atoms with van der Waals surface area (Å²) in [5.74, 6) is 0. The molecule has 3 aliphatic rings. The molecule has 8 heteroatoms. The van der Waals surface area contributed by atoms with Gasteiger partial charge in [-0.3, -0.25) is 0 Å². The van der Waals surface area contributed by atoms with Gasteiger partial charge in [0.2, 0.25) is 0 Å². The fourth-order valence-corrected chi connectivity index (χ4v) is 5.79. The minimum Gasteiger partial charge on any atom is -0.444 e. The van der Waals surface area contributed by atoms with Gasteiger partial charge in [-0.15, -0.1) is 0 Å². The highest BCUT2D eigenvalue weighted by Crippen LogP contribution is 2.49. The average molecular weight is 517 g/mol. The first-order chi connectivity index (χ1) is 17.5. The van der Waals surface area contributed by atoms with Crippen LogP contribution < -0.4 is 5.32 Å². The first-order valence-corrected chi connectivity index (χ1v) is 14.1. The standard InChI is InChI=1S/C29H48N4O4/c1-27(2,3)37-26(34)32(6)17-16-30-15-12-23-19-33(24-9-7-8-18-35-24)31-25(23)22-10-13-29(14-11-22)20-28(4,5)36-21-29/h10,19,24,30H,7-9,11-18,20-21H2,1-6H3. The summed E-state index contributed by atoms with van der Waals surface area (Å²) in [6, 6.07) is 0. The van der Waals surface area contributed by atoms with Crippen molar-refractivity contribution >= 4 is 11.7 Å². The van der Waals surface area contributed by atoms with Gasteiger partial charge < -0.3 is 24.4 Å². The Hall–Kier alpha value is -1.90. The quantitative estimate of drug-likeness (QED) is 0.471. The fourth-order valence-electron chi connectivity index (χ4n) is 5.79. The molecule has 0 radical (unpaired) electrons. The van der Waals surface area contributed by atoms with E-state index in [4.69, 9.17) is 19.3 Å². The van der Waals surface area contributed by atoms with Crippen molar-refractivity contribution in [2.75, 3.05) is 39.9 Å². The molecule has 1 aromatic rings. The van der Waals surface area contributed by atoms with Crippen LogP contribution in [-0.2, 0) is 20.6 Å². The number of hydrogen-bond donors (Lipinski definition) is 1. The lowest BCUT2D eigenvalue weighted by atomic mass is 9.71. The zero-order valence-electron chi connectivity index (χ0n) is 23.9. The van der Waals surface area contributed by atoms with Gasteiger partial charge in [-0.25, -0.2) is 9.48 Å². The number of hydrogen-bond acceptors (Lipinski definition) is 6. The number of rotatable bonds is 8. The number of allylic oxidation sites excluding steroid dienone is 2. The second-order valence-corrected chi connectivity index (χ2v) is 12.9. The van der Waals surface area contributed by atoms with E-state index in [2.05, 4.69) is 36.1 Å². The molecule has 2 unspecified atom stereocenters. The van der Waals surface area contributed by atoms with Crippen LogP contribution in [0.5, 0.6) is 0 Å². The number of nitrogens with one attached hydrogen (secondary N) is 1. The maximum atomic E-state index is 12.2. The van der Waals surface area contributed by atoms with Crippen molar-refractivity contribution in [3.63, 3.8) is 0 Å². The molecule has 8 nitrogen and oxygen atoms in total. The van der Waals surface area contributed by atoms with Crippen LogP contribution in [-0.4, -0.2) is 71.9 Å². The third-order valence-corrected chi connectivity index (χ3v) is 7.74. The van der Waals surface area contributed by atoms with E-state index in [0.29, 0.717) is 13.1 Å². The molecule has 2 aliphatic heterocycles. The molecule has 4 rings (SSSR count). The summed E-state index contributed by atoms with van der Waals surface area (Å²) in [4.78, 5) is 13.8. The van der Waals surface area contributed by atoms with Gasteiger partial charge in [0.05, 0.1) is 17.9 Å². The van der Waals surface area contributed by atoms with Gasteiger partial charge in [0, 0.05) is 38.4 Å². The molecule has 1 aliphatic carbocycles. The largest absolute Gasteiger partial charge is 0.444 e. The number of aromatic nitrogens is 2. The van der Waals surface area contributed by atoms with Crippen LogP contribution in [0, 0.1) is 5.41 Å². The summed E-state index contributed by atoms with van der Waals surface area (Å²) in [6.45, 7) is 13.9. The predicted molar refractivity (Wildman–Crippen MR) is 145 cm³/mol. The summed E-state index contributed by atoms with van der Waals surface area (Å²) < 4.78 is 19.7. The molecule has 2 saturated heterocycles. The van der Waals surface area contributed by atoms with Crippen LogP contribution in [0.25, 0.3) is 5.57 Å². The Kier molecular flexibility index (Phi) is 8.71. The van der Waals surface area contributed by atoms with Gasteiger partial charge in [0.1, 0.15) is 11.8 Å². The Morgan fingerprint density at radius 1 is 1.30 bits per heavy atom. The second-order valence-electron chi connectivity index (χ2n) is 12.9. The summed E-state index contributed by atoms with van der Waals surface area (Å²) in [6.07, 6.45) is 13.0. The highest BCUT2D eigenvalue weighted by molar-refractivity contribution is 5.67. The Morgan fingerprint density at radius 3 is 2.73 bits per heavy atom.